The van der Waals surface area contributed by atoms with Crippen LogP contribution in [0.15, 0.2) is 60.7 Å². The van der Waals surface area contributed by atoms with E-state index in [1.165, 1.54) is 0 Å². The van der Waals surface area contributed by atoms with Crippen LogP contribution >= 0.6 is 0 Å². The van der Waals surface area contributed by atoms with Crippen LogP contribution < -0.4 is 0 Å². The minimum absolute atomic E-state index is 0.656. The predicted octanol–water partition coefficient (Wildman–Crippen LogP) is 4.49. The second-order valence-corrected chi connectivity index (χ2v) is 6.08. The van der Waals surface area contributed by atoms with Crippen LogP contribution in [0.4, 0.5) is 0 Å². The first-order chi connectivity index (χ1) is 12.2. The number of rotatable bonds is 3. The summed E-state index contributed by atoms with van der Waals surface area (Å²) in [5.41, 5.74) is 7.48. The number of carbonyl (C=O) groups excluding carboxylic acids is 1. The van der Waals surface area contributed by atoms with Gasteiger partial charge in [0.25, 0.3) is 0 Å². The highest BCUT2D eigenvalue weighted by Crippen LogP contribution is 2.34. The van der Waals surface area contributed by atoms with Gasteiger partial charge >= 0.3 is 0 Å². The fourth-order valence-electron chi connectivity index (χ4n) is 3.14. The quantitative estimate of drug-likeness (QED) is 0.521. The highest BCUT2D eigenvalue weighted by atomic mass is 16.1. The molecule has 4 rings (SSSR count). The highest BCUT2D eigenvalue weighted by Gasteiger charge is 2.16. The lowest BCUT2D eigenvalue weighted by molar-refractivity contribution is 0.112. The van der Waals surface area contributed by atoms with Gasteiger partial charge in [-0.25, -0.2) is 9.50 Å². The SMILES string of the molecule is Cc1cc2nc(-c3ccc(C=O)cc3)c(-c3ccccc3)c(C)n2n1. The van der Waals surface area contributed by atoms with Gasteiger partial charge in [-0.05, 0) is 19.4 Å². The van der Waals surface area contributed by atoms with Crippen LogP contribution in [-0.4, -0.2) is 20.9 Å². The molecule has 0 atom stereocenters. The summed E-state index contributed by atoms with van der Waals surface area (Å²) >= 11 is 0. The Balaban J connectivity index is 2.05. The molecule has 4 nitrogen and oxygen atoms in total. The molecule has 0 aliphatic rings. The smallest absolute Gasteiger partial charge is 0.156 e. The third-order valence-electron chi connectivity index (χ3n) is 4.34. The second kappa shape index (κ2) is 5.98. The summed E-state index contributed by atoms with van der Waals surface area (Å²) in [6, 6.07) is 19.7. The molecule has 0 bridgehead atoms. The summed E-state index contributed by atoms with van der Waals surface area (Å²) in [7, 11) is 0. The molecular weight excluding hydrogens is 310 g/mol. The third kappa shape index (κ3) is 2.62. The maximum absolute atomic E-state index is 10.9. The van der Waals surface area contributed by atoms with Crippen LogP contribution in [0.5, 0.6) is 0 Å². The first-order valence-corrected chi connectivity index (χ1v) is 8.15. The summed E-state index contributed by atoms with van der Waals surface area (Å²) in [5, 5.41) is 4.57. The number of fused-ring (bicyclic) bond motifs is 1. The molecule has 0 aliphatic heterocycles. The van der Waals surface area contributed by atoms with E-state index in [2.05, 4.69) is 24.2 Å². The molecule has 0 fully saturated rings. The Bertz CT molecular complexity index is 1060. The van der Waals surface area contributed by atoms with Gasteiger partial charge in [-0.2, -0.15) is 5.10 Å². The number of aryl methyl sites for hydroxylation is 2. The third-order valence-corrected chi connectivity index (χ3v) is 4.34. The Morgan fingerprint density at radius 3 is 2.32 bits per heavy atom. The Hall–Kier alpha value is -3.27. The molecular formula is C21H17N3O. The van der Waals surface area contributed by atoms with E-state index in [0.29, 0.717) is 5.56 Å². The van der Waals surface area contributed by atoms with Gasteiger partial charge in [-0.1, -0.05) is 54.6 Å². The Morgan fingerprint density at radius 1 is 0.920 bits per heavy atom. The summed E-state index contributed by atoms with van der Waals surface area (Å²) in [4.78, 5) is 15.8. The average Bonchev–Trinajstić information content (AvgIpc) is 3.03. The van der Waals surface area contributed by atoms with Crippen molar-refractivity contribution < 1.29 is 4.79 Å². The maximum atomic E-state index is 10.9. The van der Waals surface area contributed by atoms with Gasteiger partial charge in [-0.3, -0.25) is 4.79 Å². The molecule has 2 aromatic carbocycles. The Labute approximate surface area is 145 Å². The van der Waals surface area contributed by atoms with Crippen LogP contribution in [0.1, 0.15) is 21.7 Å². The standard InChI is InChI=1S/C21H17N3O/c1-14-12-19-22-21(18-10-8-16(13-25)9-11-18)20(15(2)24(19)23-14)17-6-4-3-5-7-17/h3-13H,1-2H3. The molecule has 2 heterocycles. The van der Waals surface area contributed by atoms with E-state index in [0.717, 1.165) is 45.7 Å². The van der Waals surface area contributed by atoms with Crippen molar-refractivity contribution in [1.29, 1.82) is 0 Å². The largest absolute Gasteiger partial charge is 0.298 e. The topological polar surface area (TPSA) is 47.3 Å². The molecule has 0 N–H and O–H groups in total. The number of aldehydes is 1. The van der Waals surface area contributed by atoms with Crippen LogP contribution in [0, 0.1) is 13.8 Å². The minimum atomic E-state index is 0.656. The van der Waals surface area contributed by atoms with Crippen LogP contribution in [-0.2, 0) is 0 Å². The van der Waals surface area contributed by atoms with Gasteiger partial charge in [0.05, 0.1) is 17.1 Å². The zero-order valence-corrected chi connectivity index (χ0v) is 14.1. The Kier molecular flexibility index (Phi) is 3.65. The molecule has 0 unspecified atom stereocenters. The molecule has 0 saturated heterocycles. The van der Waals surface area contributed by atoms with E-state index in [-0.39, 0.29) is 0 Å². The number of carbonyl (C=O) groups is 1. The van der Waals surface area contributed by atoms with Crippen molar-refractivity contribution in [2.24, 2.45) is 0 Å². The minimum Gasteiger partial charge on any atom is -0.298 e. The fourth-order valence-corrected chi connectivity index (χ4v) is 3.14. The molecule has 25 heavy (non-hydrogen) atoms. The lowest BCUT2D eigenvalue weighted by Crippen LogP contribution is -2.02. The first kappa shape index (κ1) is 15.3. The summed E-state index contributed by atoms with van der Waals surface area (Å²) in [5.74, 6) is 0. The molecule has 0 spiro atoms. The van der Waals surface area contributed by atoms with Crippen LogP contribution in [0.3, 0.4) is 0 Å². The maximum Gasteiger partial charge on any atom is 0.156 e. The highest BCUT2D eigenvalue weighted by molar-refractivity contribution is 5.85. The van der Waals surface area contributed by atoms with E-state index >= 15 is 0 Å². The summed E-state index contributed by atoms with van der Waals surface area (Å²) < 4.78 is 1.89. The molecule has 122 valence electrons. The van der Waals surface area contributed by atoms with Crippen molar-refractivity contribution in [3.05, 3.63) is 77.6 Å². The van der Waals surface area contributed by atoms with Crippen molar-refractivity contribution in [3.8, 4) is 22.4 Å². The molecule has 4 heteroatoms. The molecule has 0 saturated carbocycles. The van der Waals surface area contributed by atoms with Gasteiger partial charge in [0.1, 0.15) is 6.29 Å². The van der Waals surface area contributed by atoms with Gasteiger partial charge in [-0.15, -0.1) is 0 Å². The summed E-state index contributed by atoms with van der Waals surface area (Å²) in [6.07, 6.45) is 0.851. The van der Waals surface area contributed by atoms with E-state index in [4.69, 9.17) is 4.98 Å². The normalized spacial score (nSPS) is 11.0. The molecule has 0 amide bonds. The second-order valence-electron chi connectivity index (χ2n) is 6.08. The molecule has 4 aromatic rings. The van der Waals surface area contributed by atoms with E-state index < -0.39 is 0 Å². The van der Waals surface area contributed by atoms with Crippen molar-refractivity contribution >= 4 is 11.9 Å². The lowest BCUT2D eigenvalue weighted by Gasteiger charge is -2.14. The van der Waals surface area contributed by atoms with E-state index in [9.17, 15) is 4.79 Å². The first-order valence-electron chi connectivity index (χ1n) is 8.15. The number of hydrogen-bond donors (Lipinski definition) is 0. The number of hydrogen-bond acceptors (Lipinski definition) is 3. The summed E-state index contributed by atoms with van der Waals surface area (Å²) in [6.45, 7) is 4.03. The van der Waals surface area contributed by atoms with Gasteiger partial charge in [0, 0.05) is 22.8 Å². The van der Waals surface area contributed by atoms with Crippen molar-refractivity contribution in [2.45, 2.75) is 13.8 Å². The van der Waals surface area contributed by atoms with Crippen molar-refractivity contribution in [3.63, 3.8) is 0 Å². The van der Waals surface area contributed by atoms with Crippen LogP contribution in [0.25, 0.3) is 28.0 Å². The van der Waals surface area contributed by atoms with Crippen molar-refractivity contribution in [2.75, 3.05) is 0 Å². The molecule has 0 aliphatic carbocycles. The lowest BCUT2D eigenvalue weighted by atomic mass is 9.97. The Morgan fingerprint density at radius 2 is 1.64 bits per heavy atom. The number of benzene rings is 2. The van der Waals surface area contributed by atoms with Gasteiger partial charge in [0.15, 0.2) is 5.65 Å². The van der Waals surface area contributed by atoms with Crippen molar-refractivity contribution in [1.82, 2.24) is 14.6 Å². The average molecular weight is 327 g/mol. The predicted molar refractivity (Wildman–Crippen MR) is 98.7 cm³/mol. The fraction of sp³-hybridized carbons (Fsp3) is 0.0952. The molecule has 0 radical (unpaired) electrons. The zero-order chi connectivity index (χ0) is 17.4. The zero-order valence-electron chi connectivity index (χ0n) is 14.1. The molecule has 2 aromatic heterocycles. The number of nitrogens with zero attached hydrogens (tertiary/aromatic N) is 3. The van der Waals surface area contributed by atoms with E-state index in [1.54, 1.807) is 0 Å². The van der Waals surface area contributed by atoms with Gasteiger partial charge < -0.3 is 0 Å². The monoisotopic (exact) mass is 327 g/mol. The van der Waals surface area contributed by atoms with Crippen LogP contribution in [0.2, 0.25) is 0 Å². The number of aromatic nitrogens is 3. The van der Waals surface area contributed by atoms with Gasteiger partial charge in [0.2, 0.25) is 0 Å². The van der Waals surface area contributed by atoms with E-state index in [1.807, 2.05) is 60.0 Å².